The van der Waals surface area contributed by atoms with Crippen molar-refractivity contribution in [2.24, 2.45) is 5.92 Å². The minimum Gasteiger partial charge on any atom is -0.399 e. The molecule has 1 aliphatic rings. The molecule has 0 radical (unpaired) electrons. The van der Waals surface area contributed by atoms with Crippen LogP contribution in [0, 0.1) is 5.92 Å². The third-order valence-electron chi connectivity index (χ3n) is 3.70. The van der Waals surface area contributed by atoms with Crippen LogP contribution < -0.4 is 10.6 Å². The predicted octanol–water partition coefficient (Wildman–Crippen LogP) is 2.05. The van der Waals surface area contributed by atoms with Crippen molar-refractivity contribution in [2.45, 2.75) is 12.8 Å². The van der Waals surface area contributed by atoms with Crippen molar-refractivity contribution in [2.75, 3.05) is 44.4 Å². The molecule has 0 saturated carbocycles. The number of rotatable bonds is 4. The van der Waals surface area contributed by atoms with E-state index in [0.717, 1.165) is 18.2 Å². The summed E-state index contributed by atoms with van der Waals surface area (Å²) in [6, 6.07) is 8.12. The van der Waals surface area contributed by atoms with E-state index >= 15 is 0 Å². The maximum atomic E-state index is 5.69. The highest BCUT2D eigenvalue weighted by atomic mass is 15.1. The van der Waals surface area contributed by atoms with Crippen molar-refractivity contribution in [3.8, 4) is 0 Å². The maximum absolute atomic E-state index is 5.69. The van der Waals surface area contributed by atoms with E-state index in [1.807, 2.05) is 12.1 Å². The Morgan fingerprint density at radius 2 is 2.06 bits per heavy atom. The normalized spacial score (nSPS) is 20.7. The fraction of sp³-hybridized carbons (Fsp3) is 0.571. The van der Waals surface area contributed by atoms with Gasteiger partial charge in [-0.25, -0.2) is 0 Å². The standard InChI is InChI=1S/C14H23N3/c1-16-9-7-12(11-16)8-10-17(2)14-5-3-13(15)4-6-14/h3-6,12H,7-11,15H2,1-2H3. The summed E-state index contributed by atoms with van der Waals surface area (Å²) in [7, 11) is 4.37. The Bertz CT molecular complexity index is 347. The van der Waals surface area contributed by atoms with Gasteiger partial charge in [-0.05, 0) is 56.6 Å². The molecule has 3 nitrogen and oxygen atoms in total. The summed E-state index contributed by atoms with van der Waals surface area (Å²) in [4.78, 5) is 4.74. The van der Waals surface area contributed by atoms with Gasteiger partial charge in [-0.15, -0.1) is 0 Å². The zero-order valence-electron chi connectivity index (χ0n) is 10.9. The molecular formula is C14H23N3. The summed E-state index contributed by atoms with van der Waals surface area (Å²) >= 11 is 0. The zero-order valence-corrected chi connectivity index (χ0v) is 10.9. The number of anilines is 2. The SMILES string of the molecule is CN1CCC(CCN(C)c2ccc(N)cc2)C1. The second-order valence-electron chi connectivity index (χ2n) is 5.22. The van der Waals surface area contributed by atoms with E-state index in [4.69, 9.17) is 5.73 Å². The van der Waals surface area contributed by atoms with Crippen LogP contribution in [0.4, 0.5) is 11.4 Å². The molecule has 1 atom stereocenters. The Balaban J connectivity index is 1.81. The smallest absolute Gasteiger partial charge is 0.0365 e. The lowest BCUT2D eigenvalue weighted by Gasteiger charge is -2.21. The van der Waals surface area contributed by atoms with Gasteiger partial charge in [0.1, 0.15) is 0 Å². The van der Waals surface area contributed by atoms with Crippen molar-refractivity contribution in [3.05, 3.63) is 24.3 Å². The monoisotopic (exact) mass is 233 g/mol. The lowest BCUT2D eigenvalue weighted by Crippen LogP contribution is -2.22. The summed E-state index contributed by atoms with van der Waals surface area (Å²) in [5.74, 6) is 0.872. The molecule has 0 aliphatic carbocycles. The van der Waals surface area contributed by atoms with Crippen LogP contribution in [-0.4, -0.2) is 38.6 Å². The molecule has 0 amide bonds. The van der Waals surface area contributed by atoms with E-state index in [0.29, 0.717) is 0 Å². The highest BCUT2D eigenvalue weighted by Gasteiger charge is 2.19. The summed E-state index contributed by atoms with van der Waals surface area (Å²) in [6.45, 7) is 3.65. The maximum Gasteiger partial charge on any atom is 0.0365 e. The van der Waals surface area contributed by atoms with Crippen LogP contribution in [0.3, 0.4) is 0 Å². The van der Waals surface area contributed by atoms with Crippen molar-refractivity contribution >= 4 is 11.4 Å². The zero-order chi connectivity index (χ0) is 12.3. The van der Waals surface area contributed by atoms with E-state index in [1.54, 1.807) is 0 Å². The fourth-order valence-corrected chi connectivity index (χ4v) is 2.50. The molecule has 3 heteroatoms. The van der Waals surface area contributed by atoms with E-state index in [1.165, 1.54) is 31.6 Å². The third-order valence-corrected chi connectivity index (χ3v) is 3.70. The number of hydrogen-bond acceptors (Lipinski definition) is 3. The molecule has 1 heterocycles. The first-order chi connectivity index (χ1) is 8.15. The minimum atomic E-state index is 0.833. The molecule has 1 unspecified atom stereocenters. The molecule has 2 N–H and O–H groups in total. The Labute approximate surface area is 104 Å². The first-order valence-electron chi connectivity index (χ1n) is 6.40. The van der Waals surface area contributed by atoms with E-state index in [9.17, 15) is 0 Å². The van der Waals surface area contributed by atoms with Crippen LogP contribution >= 0.6 is 0 Å². The van der Waals surface area contributed by atoms with Gasteiger partial charge in [0.25, 0.3) is 0 Å². The fourth-order valence-electron chi connectivity index (χ4n) is 2.50. The lowest BCUT2D eigenvalue weighted by atomic mass is 10.0. The molecule has 1 aromatic carbocycles. The molecule has 2 rings (SSSR count). The molecule has 0 spiro atoms. The number of likely N-dealkylation sites (tertiary alicyclic amines) is 1. The van der Waals surface area contributed by atoms with Gasteiger partial charge >= 0.3 is 0 Å². The Morgan fingerprint density at radius 1 is 1.35 bits per heavy atom. The predicted molar refractivity (Wildman–Crippen MR) is 74.3 cm³/mol. The number of nitrogens with two attached hydrogens (primary N) is 1. The van der Waals surface area contributed by atoms with E-state index < -0.39 is 0 Å². The van der Waals surface area contributed by atoms with Gasteiger partial charge in [0.15, 0.2) is 0 Å². The van der Waals surface area contributed by atoms with Gasteiger partial charge in [0.2, 0.25) is 0 Å². The summed E-state index contributed by atoms with van der Waals surface area (Å²) in [6.07, 6.45) is 2.64. The van der Waals surface area contributed by atoms with Crippen LogP contribution in [0.15, 0.2) is 24.3 Å². The second-order valence-corrected chi connectivity index (χ2v) is 5.22. The molecule has 17 heavy (non-hydrogen) atoms. The number of nitrogen functional groups attached to an aromatic ring is 1. The van der Waals surface area contributed by atoms with Gasteiger partial charge in [-0.3, -0.25) is 0 Å². The summed E-state index contributed by atoms with van der Waals surface area (Å²) in [5, 5.41) is 0. The molecule has 0 bridgehead atoms. The highest BCUT2D eigenvalue weighted by Crippen LogP contribution is 2.20. The van der Waals surface area contributed by atoms with Crippen LogP contribution in [0.1, 0.15) is 12.8 Å². The van der Waals surface area contributed by atoms with Gasteiger partial charge in [-0.1, -0.05) is 0 Å². The molecular weight excluding hydrogens is 210 g/mol. The largest absolute Gasteiger partial charge is 0.399 e. The van der Waals surface area contributed by atoms with Crippen molar-refractivity contribution in [3.63, 3.8) is 0 Å². The number of benzene rings is 1. The molecule has 0 aromatic heterocycles. The average molecular weight is 233 g/mol. The molecule has 1 saturated heterocycles. The Hall–Kier alpha value is -1.22. The van der Waals surface area contributed by atoms with Crippen molar-refractivity contribution < 1.29 is 0 Å². The first kappa shape index (κ1) is 12.2. The van der Waals surface area contributed by atoms with Gasteiger partial charge < -0.3 is 15.5 Å². The van der Waals surface area contributed by atoms with Crippen LogP contribution in [0.2, 0.25) is 0 Å². The number of nitrogens with zero attached hydrogens (tertiary/aromatic N) is 2. The van der Waals surface area contributed by atoms with Crippen LogP contribution in [-0.2, 0) is 0 Å². The van der Waals surface area contributed by atoms with E-state index in [2.05, 4.69) is 36.0 Å². The number of hydrogen-bond donors (Lipinski definition) is 1. The minimum absolute atomic E-state index is 0.833. The lowest BCUT2D eigenvalue weighted by molar-refractivity contribution is 0.389. The van der Waals surface area contributed by atoms with E-state index in [-0.39, 0.29) is 0 Å². The van der Waals surface area contributed by atoms with Crippen molar-refractivity contribution in [1.82, 2.24) is 4.90 Å². The van der Waals surface area contributed by atoms with Gasteiger partial charge in [0, 0.05) is 31.5 Å². The van der Waals surface area contributed by atoms with Crippen LogP contribution in [0.25, 0.3) is 0 Å². The topological polar surface area (TPSA) is 32.5 Å². The summed E-state index contributed by atoms with van der Waals surface area (Å²) in [5.41, 5.74) is 7.78. The quantitative estimate of drug-likeness (QED) is 0.808. The molecule has 1 aromatic rings. The summed E-state index contributed by atoms with van der Waals surface area (Å²) < 4.78 is 0. The second kappa shape index (κ2) is 5.41. The van der Waals surface area contributed by atoms with Gasteiger partial charge in [-0.2, -0.15) is 0 Å². The first-order valence-corrected chi connectivity index (χ1v) is 6.40. The Morgan fingerprint density at radius 3 is 2.65 bits per heavy atom. The molecule has 1 fully saturated rings. The van der Waals surface area contributed by atoms with Gasteiger partial charge in [0.05, 0.1) is 0 Å². The molecule has 94 valence electrons. The third kappa shape index (κ3) is 3.37. The van der Waals surface area contributed by atoms with Crippen LogP contribution in [0.5, 0.6) is 0 Å². The average Bonchev–Trinajstić information content (AvgIpc) is 2.73. The Kier molecular flexibility index (Phi) is 3.89. The molecule has 1 aliphatic heterocycles. The highest BCUT2D eigenvalue weighted by molar-refractivity contribution is 5.52. The van der Waals surface area contributed by atoms with Crippen molar-refractivity contribution in [1.29, 1.82) is 0 Å².